The van der Waals surface area contributed by atoms with Crippen molar-refractivity contribution in [2.45, 2.75) is 64.0 Å². The van der Waals surface area contributed by atoms with E-state index in [1.165, 1.54) is 62.7 Å². The van der Waals surface area contributed by atoms with E-state index in [9.17, 15) is 0 Å². The summed E-state index contributed by atoms with van der Waals surface area (Å²) >= 11 is 0. The summed E-state index contributed by atoms with van der Waals surface area (Å²) in [7, 11) is 2.10. The van der Waals surface area contributed by atoms with Crippen molar-refractivity contribution in [3.05, 3.63) is 29.8 Å². The number of benzene rings is 1. The molecule has 0 saturated heterocycles. The highest BCUT2D eigenvalue weighted by atomic mass is 15.2. The fourth-order valence-corrected chi connectivity index (χ4v) is 4.38. The third-order valence-electron chi connectivity index (χ3n) is 5.64. The second kappa shape index (κ2) is 6.83. The Labute approximate surface area is 129 Å². The molecule has 1 aliphatic carbocycles. The van der Waals surface area contributed by atoms with E-state index in [1.807, 2.05) is 0 Å². The fourth-order valence-electron chi connectivity index (χ4n) is 4.38. The van der Waals surface area contributed by atoms with Crippen LogP contribution in [-0.2, 0) is 0 Å². The van der Waals surface area contributed by atoms with Crippen LogP contribution in [-0.4, -0.2) is 19.6 Å². The van der Waals surface area contributed by atoms with Gasteiger partial charge >= 0.3 is 0 Å². The Bertz CT molecular complexity index is 457. The number of para-hydroxylation sites is 1. The van der Waals surface area contributed by atoms with Gasteiger partial charge in [0.1, 0.15) is 0 Å². The second-order valence-corrected chi connectivity index (χ2v) is 6.83. The summed E-state index contributed by atoms with van der Waals surface area (Å²) in [5.74, 6) is 0.944. The molecule has 0 amide bonds. The van der Waals surface area contributed by atoms with Gasteiger partial charge in [0.05, 0.1) is 0 Å². The van der Waals surface area contributed by atoms with E-state index in [-0.39, 0.29) is 0 Å². The minimum absolute atomic E-state index is 0.525. The number of rotatable bonds is 3. The maximum absolute atomic E-state index is 3.52. The van der Waals surface area contributed by atoms with Gasteiger partial charge in [0.2, 0.25) is 0 Å². The van der Waals surface area contributed by atoms with Crippen molar-refractivity contribution in [1.29, 1.82) is 0 Å². The van der Waals surface area contributed by atoms with Crippen LogP contribution in [0.2, 0.25) is 0 Å². The zero-order valence-corrected chi connectivity index (χ0v) is 13.6. The van der Waals surface area contributed by atoms with Crippen molar-refractivity contribution < 1.29 is 0 Å². The monoisotopic (exact) mass is 286 g/mol. The normalized spacial score (nSPS) is 29.8. The predicted molar refractivity (Wildman–Crippen MR) is 90.9 cm³/mol. The summed E-state index contributed by atoms with van der Waals surface area (Å²) in [5, 5.41) is 3.52. The standard InChI is InChI=1S/C19H30N2/c1-3-15-8-6-9-16(14-15)21-13-7-11-18(20-2)17-10-4-5-12-19(17)21/h4-5,10,12,15-16,18,20H,3,6-9,11,13-14H2,1-2H3. The minimum Gasteiger partial charge on any atom is -0.368 e. The Balaban J connectivity index is 1.87. The molecule has 2 heteroatoms. The van der Waals surface area contributed by atoms with Gasteiger partial charge in [-0.1, -0.05) is 44.4 Å². The third-order valence-corrected chi connectivity index (χ3v) is 5.64. The van der Waals surface area contributed by atoms with E-state index in [2.05, 4.69) is 48.5 Å². The van der Waals surface area contributed by atoms with Gasteiger partial charge < -0.3 is 10.2 Å². The van der Waals surface area contributed by atoms with E-state index < -0.39 is 0 Å². The molecule has 0 spiro atoms. The first-order chi connectivity index (χ1) is 10.3. The Morgan fingerprint density at radius 3 is 2.81 bits per heavy atom. The lowest BCUT2D eigenvalue weighted by Gasteiger charge is -2.39. The zero-order chi connectivity index (χ0) is 14.7. The Morgan fingerprint density at radius 1 is 1.14 bits per heavy atom. The van der Waals surface area contributed by atoms with E-state index in [1.54, 1.807) is 0 Å². The molecular formula is C19H30N2. The quantitative estimate of drug-likeness (QED) is 0.879. The maximum atomic E-state index is 3.52. The highest BCUT2D eigenvalue weighted by Gasteiger charge is 2.29. The van der Waals surface area contributed by atoms with Gasteiger partial charge in [-0.2, -0.15) is 0 Å². The van der Waals surface area contributed by atoms with Crippen LogP contribution in [0.4, 0.5) is 5.69 Å². The first-order valence-electron chi connectivity index (χ1n) is 8.86. The minimum atomic E-state index is 0.525. The van der Waals surface area contributed by atoms with Gasteiger partial charge in [0, 0.05) is 24.3 Å². The van der Waals surface area contributed by atoms with Crippen LogP contribution in [0.15, 0.2) is 24.3 Å². The van der Waals surface area contributed by atoms with Crippen LogP contribution in [0.3, 0.4) is 0 Å². The lowest BCUT2D eigenvalue weighted by atomic mass is 9.83. The Morgan fingerprint density at radius 2 is 2.00 bits per heavy atom. The first-order valence-corrected chi connectivity index (χ1v) is 8.86. The molecule has 0 radical (unpaired) electrons. The summed E-state index contributed by atoms with van der Waals surface area (Å²) in [6.45, 7) is 3.59. The van der Waals surface area contributed by atoms with Crippen molar-refractivity contribution in [2.75, 3.05) is 18.5 Å². The molecule has 0 bridgehead atoms. The Kier molecular flexibility index (Phi) is 4.84. The molecule has 2 aliphatic rings. The summed E-state index contributed by atoms with van der Waals surface area (Å²) < 4.78 is 0. The molecule has 3 atom stereocenters. The highest BCUT2D eigenvalue weighted by molar-refractivity contribution is 5.56. The molecule has 1 heterocycles. The summed E-state index contributed by atoms with van der Waals surface area (Å²) in [5.41, 5.74) is 3.01. The molecule has 116 valence electrons. The molecular weight excluding hydrogens is 256 g/mol. The molecule has 0 aromatic heterocycles. The Hall–Kier alpha value is -1.02. The van der Waals surface area contributed by atoms with Gasteiger partial charge in [-0.15, -0.1) is 0 Å². The molecule has 21 heavy (non-hydrogen) atoms. The van der Waals surface area contributed by atoms with Gasteiger partial charge in [-0.25, -0.2) is 0 Å². The van der Waals surface area contributed by atoms with Crippen molar-refractivity contribution in [1.82, 2.24) is 5.32 Å². The number of hydrogen-bond acceptors (Lipinski definition) is 2. The molecule has 1 aromatic carbocycles. The van der Waals surface area contributed by atoms with Crippen LogP contribution >= 0.6 is 0 Å². The van der Waals surface area contributed by atoms with Crippen LogP contribution in [0, 0.1) is 5.92 Å². The highest BCUT2D eigenvalue weighted by Crippen LogP contribution is 2.38. The van der Waals surface area contributed by atoms with Crippen LogP contribution in [0.5, 0.6) is 0 Å². The summed E-state index contributed by atoms with van der Waals surface area (Å²) in [6, 6.07) is 10.4. The molecule has 3 rings (SSSR count). The second-order valence-electron chi connectivity index (χ2n) is 6.83. The van der Waals surface area contributed by atoms with E-state index in [0.717, 1.165) is 12.0 Å². The lowest BCUT2D eigenvalue weighted by molar-refractivity contribution is 0.303. The number of anilines is 1. The van der Waals surface area contributed by atoms with Crippen molar-refractivity contribution >= 4 is 5.69 Å². The van der Waals surface area contributed by atoms with Gasteiger partial charge in [0.15, 0.2) is 0 Å². The number of fused-ring (bicyclic) bond motifs is 1. The topological polar surface area (TPSA) is 15.3 Å². The van der Waals surface area contributed by atoms with Crippen molar-refractivity contribution in [3.8, 4) is 0 Å². The molecule has 1 fully saturated rings. The predicted octanol–water partition coefficient (Wildman–Crippen LogP) is 4.52. The van der Waals surface area contributed by atoms with Crippen molar-refractivity contribution in [3.63, 3.8) is 0 Å². The van der Waals surface area contributed by atoms with Crippen LogP contribution in [0.25, 0.3) is 0 Å². The summed E-state index contributed by atoms with van der Waals surface area (Å²) in [4.78, 5) is 2.74. The molecule has 2 nitrogen and oxygen atoms in total. The van der Waals surface area contributed by atoms with Gasteiger partial charge in [0.25, 0.3) is 0 Å². The van der Waals surface area contributed by atoms with Crippen molar-refractivity contribution in [2.24, 2.45) is 5.92 Å². The zero-order valence-electron chi connectivity index (χ0n) is 13.6. The molecule has 1 aliphatic heterocycles. The lowest BCUT2D eigenvalue weighted by Crippen LogP contribution is -2.39. The van der Waals surface area contributed by atoms with E-state index in [4.69, 9.17) is 0 Å². The third kappa shape index (κ3) is 3.11. The average Bonchev–Trinajstić information content (AvgIpc) is 2.74. The van der Waals surface area contributed by atoms with Gasteiger partial charge in [-0.3, -0.25) is 0 Å². The fraction of sp³-hybridized carbons (Fsp3) is 0.684. The van der Waals surface area contributed by atoms with Crippen LogP contribution in [0.1, 0.15) is 63.5 Å². The number of nitrogens with zero attached hydrogens (tertiary/aromatic N) is 1. The van der Waals surface area contributed by atoms with E-state index >= 15 is 0 Å². The maximum Gasteiger partial charge on any atom is 0.0417 e. The van der Waals surface area contributed by atoms with E-state index in [0.29, 0.717) is 6.04 Å². The smallest absolute Gasteiger partial charge is 0.0417 e. The van der Waals surface area contributed by atoms with Gasteiger partial charge in [-0.05, 0) is 50.3 Å². The van der Waals surface area contributed by atoms with Crippen LogP contribution < -0.4 is 10.2 Å². The molecule has 1 saturated carbocycles. The SMILES string of the molecule is CCC1CCCC(N2CCCC(NC)c3ccccc32)C1. The average molecular weight is 286 g/mol. The largest absolute Gasteiger partial charge is 0.368 e. The number of nitrogens with one attached hydrogen (secondary N) is 1. The molecule has 1 N–H and O–H groups in total. The number of hydrogen-bond donors (Lipinski definition) is 1. The molecule has 1 aromatic rings. The molecule has 3 unspecified atom stereocenters. The first kappa shape index (κ1) is 14.9. The summed E-state index contributed by atoms with van der Waals surface area (Å²) in [6.07, 6.45) is 9.55.